The van der Waals surface area contributed by atoms with Gasteiger partial charge in [0.2, 0.25) is 0 Å². The van der Waals surface area contributed by atoms with Crippen molar-refractivity contribution in [2.75, 3.05) is 6.61 Å². The molecule has 2 aromatic rings. The summed E-state index contributed by atoms with van der Waals surface area (Å²) in [4.78, 5) is 0. The molecule has 7 heteroatoms. The number of rotatable bonds is 5. The van der Waals surface area contributed by atoms with Gasteiger partial charge in [-0.3, -0.25) is 4.68 Å². The first-order valence-corrected chi connectivity index (χ1v) is 8.60. The summed E-state index contributed by atoms with van der Waals surface area (Å²) in [6.07, 6.45) is 5.19. The van der Waals surface area contributed by atoms with Gasteiger partial charge in [0.25, 0.3) is 0 Å². The average molecular weight is 419 g/mol. The summed E-state index contributed by atoms with van der Waals surface area (Å²) in [5.41, 5.74) is 2.49. The molecule has 0 aliphatic heterocycles. The number of nitrogens with zero attached hydrogens (tertiary/aromatic N) is 2. The molecule has 0 radical (unpaired) electrons. The summed E-state index contributed by atoms with van der Waals surface area (Å²) < 4.78 is 9.16. The fraction of sp³-hybridized carbons (Fsp3) is 0.500. The highest BCUT2D eigenvalue weighted by atomic mass is 79.9. The minimum atomic E-state index is 0.126. The van der Waals surface area contributed by atoms with Gasteiger partial charge in [0.1, 0.15) is 5.76 Å². The molecule has 1 unspecified atom stereocenters. The van der Waals surface area contributed by atoms with Gasteiger partial charge in [-0.2, -0.15) is 5.10 Å². The van der Waals surface area contributed by atoms with Crippen molar-refractivity contribution in [1.29, 1.82) is 0 Å². The third-order valence-electron chi connectivity index (χ3n) is 3.79. The van der Waals surface area contributed by atoms with Gasteiger partial charge in [-0.25, -0.2) is 0 Å². The fourth-order valence-corrected chi connectivity index (χ4v) is 3.48. The van der Waals surface area contributed by atoms with Crippen molar-refractivity contribution in [3.63, 3.8) is 0 Å². The average Bonchev–Trinajstić information content (AvgIpc) is 3.02. The number of fused-ring (bicyclic) bond motifs is 1. The number of furan rings is 1. The Balaban J connectivity index is 1.70. The minimum absolute atomic E-state index is 0.126. The zero-order valence-corrected chi connectivity index (χ0v) is 14.7. The van der Waals surface area contributed by atoms with Crippen molar-refractivity contribution in [3.05, 3.63) is 38.4 Å². The Labute approximate surface area is 140 Å². The van der Waals surface area contributed by atoms with Crippen LogP contribution in [0.2, 0.25) is 0 Å². The van der Waals surface area contributed by atoms with E-state index in [9.17, 15) is 0 Å². The van der Waals surface area contributed by atoms with Crippen LogP contribution in [0.5, 0.6) is 0 Å². The standard InChI is InChI=1S/C14H17Br2N3O2/c15-11-6-9(21-14(11)16)7-17-12-2-1-3-13-10(12)8-18-19(13)4-5-20/h6,8,12,17,20H,1-5,7H2. The molecule has 1 aliphatic carbocycles. The molecule has 114 valence electrons. The molecule has 0 spiro atoms. The van der Waals surface area contributed by atoms with Gasteiger partial charge < -0.3 is 14.8 Å². The highest BCUT2D eigenvalue weighted by molar-refractivity contribution is 9.13. The summed E-state index contributed by atoms with van der Waals surface area (Å²) >= 11 is 6.77. The zero-order valence-electron chi connectivity index (χ0n) is 11.5. The van der Waals surface area contributed by atoms with Crippen LogP contribution in [0.3, 0.4) is 0 Å². The Bertz CT molecular complexity index is 604. The van der Waals surface area contributed by atoms with Crippen LogP contribution in [0.1, 0.15) is 35.9 Å². The number of aromatic nitrogens is 2. The van der Waals surface area contributed by atoms with Gasteiger partial charge in [0.15, 0.2) is 4.67 Å². The van der Waals surface area contributed by atoms with Crippen LogP contribution in [0.25, 0.3) is 0 Å². The normalized spacial score (nSPS) is 18.0. The summed E-state index contributed by atoms with van der Waals surface area (Å²) in [5, 5.41) is 17.0. The number of aliphatic hydroxyl groups excluding tert-OH is 1. The maximum atomic E-state index is 9.09. The molecule has 0 bridgehead atoms. The van der Waals surface area contributed by atoms with E-state index < -0.39 is 0 Å². The molecular weight excluding hydrogens is 402 g/mol. The SMILES string of the molecule is OCCn1ncc2c1CCCC2NCc1cc(Br)c(Br)o1. The molecule has 1 aliphatic rings. The van der Waals surface area contributed by atoms with Gasteiger partial charge in [0, 0.05) is 17.3 Å². The summed E-state index contributed by atoms with van der Waals surface area (Å²) in [5.74, 6) is 0.892. The Morgan fingerprint density at radius 2 is 2.33 bits per heavy atom. The molecule has 0 aromatic carbocycles. The van der Waals surface area contributed by atoms with E-state index in [0.717, 1.165) is 34.2 Å². The molecule has 0 saturated heterocycles. The van der Waals surface area contributed by atoms with Crippen LogP contribution in [-0.2, 0) is 19.5 Å². The molecule has 5 nitrogen and oxygen atoms in total. The lowest BCUT2D eigenvalue weighted by molar-refractivity contribution is 0.266. The van der Waals surface area contributed by atoms with Gasteiger partial charge in [0.05, 0.1) is 30.4 Å². The largest absolute Gasteiger partial charge is 0.452 e. The van der Waals surface area contributed by atoms with Crippen LogP contribution < -0.4 is 5.32 Å². The summed E-state index contributed by atoms with van der Waals surface area (Å²) in [6, 6.07) is 2.26. The molecule has 2 heterocycles. The molecule has 0 fully saturated rings. The van der Waals surface area contributed by atoms with Crippen LogP contribution in [0, 0.1) is 0 Å². The van der Waals surface area contributed by atoms with Crippen molar-refractivity contribution >= 4 is 31.9 Å². The van der Waals surface area contributed by atoms with E-state index >= 15 is 0 Å². The first kappa shape index (κ1) is 15.3. The highest BCUT2D eigenvalue weighted by Crippen LogP contribution is 2.31. The Kier molecular flexibility index (Phi) is 4.83. The van der Waals surface area contributed by atoms with Crippen molar-refractivity contribution < 1.29 is 9.52 Å². The topological polar surface area (TPSA) is 63.2 Å². The fourth-order valence-electron chi connectivity index (χ4n) is 2.82. The molecule has 2 N–H and O–H groups in total. The Morgan fingerprint density at radius 3 is 3.05 bits per heavy atom. The second kappa shape index (κ2) is 6.64. The van der Waals surface area contributed by atoms with Crippen LogP contribution >= 0.6 is 31.9 Å². The second-order valence-electron chi connectivity index (χ2n) is 5.15. The van der Waals surface area contributed by atoms with E-state index in [2.05, 4.69) is 42.3 Å². The van der Waals surface area contributed by atoms with Crippen LogP contribution in [0.15, 0.2) is 25.8 Å². The quantitative estimate of drug-likeness (QED) is 0.782. The predicted octanol–water partition coefficient (Wildman–Crippen LogP) is 3.16. The smallest absolute Gasteiger partial charge is 0.183 e. The van der Waals surface area contributed by atoms with Crippen LogP contribution in [-0.4, -0.2) is 21.5 Å². The number of hydrogen-bond donors (Lipinski definition) is 2. The monoisotopic (exact) mass is 417 g/mol. The van der Waals surface area contributed by atoms with E-state index in [1.807, 2.05) is 16.9 Å². The summed E-state index contributed by atoms with van der Waals surface area (Å²) in [7, 11) is 0. The molecule has 1 atom stereocenters. The Hall–Kier alpha value is -0.630. The zero-order chi connectivity index (χ0) is 14.8. The molecule has 0 amide bonds. The lowest BCUT2D eigenvalue weighted by Crippen LogP contribution is -2.25. The lowest BCUT2D eigenvalue weighted by atomic mass is 9.93. The van der Waals surface area contributed by atoms with Crippen molar-refractivity contribution in [2.24, 2.45) is 0 Å². The highest BCUT2D eigenvalue weighted by Gasteiger charge is 2.24. The number of hydrogen-bond acceptors (Lipinski definition) is 4. The van der Waals surface area contributed by atoms with E-state index in [1.54, 1.807) is 0 Å². The van der Waals surface area contributed by atoms with E-state index in [1.165, 1.54) is 11.3 Å². The molecule has 0 saturated carbocycles. The van der Waals surface area contributed by atoms with Crippen molar-refractivity contribution in [1.82, 2.24) is 15.1 Å². The molecule has 21 heavy (non-hydrogen) atoms. The third kappa shape index (κ3) is 3.26. The second-order valence-corrected chi connectivity index (χ2v) is 6.73. The maximum absolute atomic E-state index is 9.09. The van der Waals surface area contributed by atoms with Gasteiger partial charge in [-0.05, 0) is 57.2 Å². The predicted molar refractivity (Wildman–Crippen MR) is 85.9 cm³/mol. The number of nitrogens with one attached hydrogen (secondary N) is 1. The van der Waals surface area contributed by atoms with Gasteiger partial charge in [-0.15, -0.1) is 0 Å². The molecular formula is C14H17Br2N3O2. The number of halogens is 2. The number of aliphatic hydroxyl groups is 1. The van der Waals surface area contributed by atoms with Crippen molar-refractivity contribution in [2.45, 2.75) is 38.4 Å². The Morgan fingerprint density at radius 1 is 1.48 bits per heavy atom. The maximum Gasteiger partial charge on any atom is 0.183 e. The van der Waals surface area contributed by atoms with Crippen molar-refractivity contribution in [3.8, 4) is 0 Å². The molecule has 2 aromatic heterocycles. The first-order chi connectivity index (χ1) is 10.2. The lowest BCUT2D eigenvalue weighted by Gasteiger charge is -2.24. The van der Waals surface area contributed by atoms with E-state index in [0.29, 0.717) is 19.1 Å². The van der Waals surface area contributed by atoms with E-state index in [4.69, 9.17) is 9.52 Å². The van der Waals surface area contributed by atoms with Gasteiger partial charge >= 0.3 is 0 Å². The van der Waals surface area contributed by atoms with Crippen LogP contribution in [0.4, 0.5) is 0 Å². The third-order valence-corrected chi connectivity index (χ3v) is 5.50. The minimum Gasteiger partial charge on any atom is -0.452 e. The molecule has 3 rings (SSSR count). The summed E-state index contributed by atoms with van der Waals surface area (Å²) in [6.45, 7) is 1.38. The van der Waals surface area contributed by atoms with Gasteiger partial charge in [-0.1, -0.05) is 0 Å². The first-order valence-electron chi connectivity index (χ1n) is 7.01. The van der Waals surface area contributed by atoms with E-state index in [-0.39, 0.29) is 6.61 Å².